The molecule has 1 saturated heterocycles. The van der Waals surface area contributed by atoms with Gasteiger partial charge in [0, 0.05) is 6.04 Å². The third-order valence-corrected chi connectivity index (χ3v) is 8.28. The molecule has 4 bridgehead atoms. The van der Waals surface area contributed by atoms with Crippen molar-refractivity contribution in [1.29, 1.82) is 0 Å². The van der Waals surface area contributed by atoms with E-state index >= 15 is 0 Å². The summed E-state index contributed by atoms with van der Waals surface area (Å²) in [6, 6.07) is 0.121. The summed E-state index contributed by atoms with van der Waals surface area (Å²) in [6.45, 7) is 2.03. The van der Waals surface area contributed by atoms with E-state index < -0.39 is 0 Å². The van der Waals surface area contributed by atoms with Crippen LogP contribution in [-0.4, -0.2) is 35.2 Å². The van der Waals surface area contributed by atoms with Gasteiger partial charge < -0.3 is 5.32 Å². The van der Waals surface area contributed by atoms with Crippen molar-refractivity contribution < 1.29 is 14.4 Å². The summed E-state index contributed by atoms with van der Waals surface area (Å²) in [6.07, 6.45) is 13.0. The van der Waals surface area contributed by atoms with E-state index in [0.717, 1.165) is 17.8 Å². The fraction of sp³-hybridized carbons (Fsp3) is 0.773. The maximum atomic E-state index is 12.7. The molecule has 5 heteroatoms. The molecule has 146 valence electrons. The molecule has 6 rings (SSSR count). The van der Waals surface area contributed by atoms with Gasteiger partial charge in [-0.25, -0.2) is 0 Å². The molecule has 0 aromatic rings. The standard InChI is InChI=1S/C22H30N2O3/c1-13(22-9-14-6-15(10-22)8-16(7-14)11-22)23-19(25)12-24-20(26)17-4-2-3-5-18(17)21(24)27/h2-3,13-18H,4-12H2,1H3,(H,23,25)/t13-,14?,15?,16?,17+,18+,22?/m1/s1. The summed E-state index contributed by atoms with van der Waals surface area (Å²) in [7, 11) is 0. The summed E-state index contributed by atoms with van der Waals surface area (Å²) >= 11 is 0. The Bertz CT molecular complexity index is 651. The summed E-state index contributed by atoms with van der Waals surface area (Å²) in [5.41, 5.74) is 0.237. The number of fused-ring (bicyclic) bond motifs is 1. The van der Waals surface area contributed by atoms with E-state index in [0.29, 0.717) is 12.8 Å². The third kappa shape index (κ3) is 2.76. The van der Waals surface area contributed by atoms with E-state index in [-0.39, 0.29) is 47.6 Å². The fourth-order valence-electron chi connectivity index (χ4n) is 7.32. The zero-order valence-electron chi connectivity index (χ0n) is 16.2. The van der Waals surface area contributed by atoms with Crippen LogP contribution in [0.15, 0.2) is 12.2 Å². The Hall–Kier alpha value is -1.65. The second-order valence-corrected chi connectivity index (χ2v) is 9.99. The van der Waals surface area contributed by atoms with Crippen LogP contribution < -0.4 is 5.32 Å². The number of nitrogens with zero attached hydrogens (tertiary/aromatic N) is 1. The fourth-order valence-corrected chi connectivity index (χ4v) is 7.32. The second kappa shape index (κ2) is 6.18. The zero-order valence-corrected chi connectivity index (χ0v) is 16.2. The highest BCUT2D eigenvalue weighted by Gasteiger charge is 2.53. The van der Waals surface area contributed by atoms with E-state index in [1.807, 2.05) is 12.2 Å². The molecule has 3 amide bonds. The first-order valence-electron chi connectivity index (χ1n) is 10.7. The number of hydrogen-bond acceptors (Lipinski definition) is 3. The lowest BCUT2D eigenvalue weighted by atomic mass is 9.48. The highest BCUT2D eigenvalue weighted by molar-refractivity contribution is 6.07. The smallest absolute Gasteiger partial charge is 0.240 e. The van der Waals surface area contributed by atoms with Crippen LogP contribution in [-0.2, 0) is 14.4 Å². The van der Waals surface area contributed by atoms with Gasteiger partial charge in [-0.3, -0.25) is 19.3 Å². The van der Waals surface area contributed by atoms with E-state index in [1.54, 1.807) is 0 Å². The van der Waals surface area contributed by atoms with Gasteiger partial charge in [-0.15, -0.1) is 0 Å². The van der Waals surface area contributed by atoms with Crippen LogP contribution in [0.1, 0.15) is 58.3 Å². The molecule has 0 aromatic heterocycles. The van der Waals surface area contributed by atoms with Crippen LogP contribution in [0.3, 0.4) is 0 Å². The van der Waals surface area contributed by atoms with Gasteiger partial charge in [0.1, 0.15) is 6.54 Å². The van der Waals surface area contributed by atoms with Crippen molar-refractivity contribution in [3.05, 3.63) is 12.2 Å². The quantitative estimate of drug-likeness (QED) is 0.611. The average molecular weight is 370 g/mol. The van der Waals surface area contributed by atoms with Crippen LogP contribution in [0.25, 0.3) is 0 Å². The van der Waals surface area contributed by atoms with Gasteiger partial charge in [0.05, 0.1) is 11.8 Å². The summed E-state index contributed by atoms with van der Waals surface area (Å²) in [5, 5.41) is 3.19. The Labute approximate surface area is 160 Å². The van der Waals surface area contributed by atoms with Crippen LogP contribution in [0.2, 0.25) is 0 Å². The number of amides is 3. The Balaban J connectivity index is 1.24. The molecule has 1 aliphatic heterocycles. The lowest BCUT2D eigenvalue weighted by Crippen LogP contribution is -2.57. The Kier molecular flexibility index (Phi) is 3.99. The van der Waals surface area contributed by atoms with E-state index in [4.69, 9.17) is 0 Å². The van der Waals surface area contributed by atoms with Crippen LogP contribution >= 0.6 is 0 Å². The number of likely N-dealkylation sites (tertiary alicyclic amines) is 1. The Morgan fingerprint density at radius 2 is 1.52 bits per heavy atom. The minimum atomic E-state index is -0.254. The van der Waals surface area contributed by atoms with Gasteiger partial charge in [-0.05, 0) is 81.5 Å². The van der Waals surface area contributed by atoms with Gasteiger partial charge in [0.2, 0.25) is 17.7 Å². The van der Waals surface area contributed by atoms with E-state index in [2.05, 4.69) is 12.2 Å². The van der Waals surface area contributed by atoms with Crippen LogP contribution in [0, 0.1) is 35.0 Å². The number of nitrogens with one attached hydrogen (secondary N) is 1. The predicted molar refractivity (Wildman–Crippen MR) is 100 cm³/mol. The van der Waals surface area contributed by atoms with Crippen molar-refractivity contribution in [1.82, 2.24) is 10.2 Å². The molecule has 3 atom stereocenters. The van der Waals surface area contributed by atoms with Crippen molar-refractivity contribution in [3.8, 4) is 0 Å². The molecular formula is C22H30N2O3. The summed E-state index contributed by atoms with van der Waals surface area (Å²) in [5.74, 6) is 1.52. The normalized spacial score (nSPS) is 43.1. The molecule has 5 aliphatic carbocycles. The Morgan fingerprint density at radius 3 is 2.00 bits per heavy atom. The van der Waals surface area contributed by atoms with Gasteiger partial charge in [-0.2, -0.15) is 0 Å². The number of allylic oxidation sites excluding steroid dienone is 2. The number of carbonyl (C=O) groups excluding carboxylic acids is 3. The zero-order chi connectivity index (χ0) is 18.8. The Morgan fingerprint density at radius 1 is 1.04 bits per heavy atom. The molecule has 5 nitrogen and oxygen atoms in total. The first-order chi connectivity index (χ1) is 12.9. The SMILES string of the molecule is C[C@@H](NC(=O)CN1C(=O)[C@H]2CC=CC[C@@H]2C1=O)C12CC3CC(CC(C3)C1)C2. The maximum Gasteiger partial charge on any atom is 0.240 e. The van der Waals surface area contributed by atoms with Gasteiger partial charge in [0.25, 0.3) is 0 Å². The van der Waals surface area contributed by atoms with Gasteiger partial charge in [-0.1, -0.05) is 12.2 Å². The number of rotatable bonds is 4. The topological polar surface area (TPSA) is 66.5 Å². The molecule has 1 heterocycles. The largest absolute Gasteiger partial charge is 0.352 e. The first kappa shape index (κ1) is 17.4. The summed E-state index contributed by atoms with van der Waals surface area (Å²) < 4.78 is 0. The third-order valence-electron chi connectivity index (χ3n) is 8.28. The predicted octanol–water partition coefficient (Wildman–Crippen LogP) is 2.66. The van der Waals surface area contributed by atoms with Crippen molar-refractivity contribution in [3.63, 3.8) is 0 Å². The molecule has 5 fully saturated rings. The maximum absolute atomic E-state index is 12.7. The molecular weight excluding hydrogens is 340 g/mol. The molecule has 0 spiro atoms. The lowest BCUT2D eigenvalue weighted by Gasteiger charge is -2.59. The highest BCUT2D eigenvalue weighted by atomic mass is 16.2. The van der Waals surface area contributed by atoms with E-state index in [9.17, 15) is 14.4 Å². The van der Waals surface area contributed by atoms with Gasteiger partial charge in [0.15, 0.2) is 0 Å². The van der Waals surface area contributed by atoms with Crippen LogP contribution in [0.4, 0.5) is 0 Å². The molecule has 27 heavy (non-hydrogen) atoms. The average Bonchev–Trinajstić information content (AvgIpc) is 2.86. The molecule has 0 radical (unpaired) electrons. The minimum absolute atomic E-state index is 0.110. The van der Waals surface area contributed by atoms with Crippen molar-refractivity contribution >= 4 is 17.7 Å². The first-order valence-corrected chi connectivity index (χ1v) is 10.7. The highest BCUT2D eigenvalue weighted by Crippen LogP contribution is 2.61. The van der Waals surface area contributed by atoms with Crippen molar-refractivity contribution in [2.24, 2.45) is 35.0 Å². The molecule has 6 aliphatic rings. The molecule has 0 unspecified atom stereocenters. The summed E-state index contributed by atoms with van der Waals surface area (Å²) in [4.78, 5) is 39.1. The van der Waals surface area contributed by atoms with E-state index in [1.165, 1.54) is 43.4 Å². The molecule has 1 N–H and O–H groups in total. The molecule has 0 aromatic carbocycles. The molecule has 4 saturated carbocycles. The van der Waals surface area contributed by atoms with Crippen molar-refractivity contribution in [2.75, 3.05) is 6.54 Å². The second-order valence-electron chi connectivity index (χ2n) is 9.99. The minimum Gasteiger partial charge on any atom is -0.352 e. The van der Waals surface area contributed by atoms with Gasteiger partial charge >= 0.3 is 0 Å². The monoisotopic (exact) mass is 370 g/mol. The lowest BCUT2D eigenvalue weighted by molar-refractivity contribution is -0.144. The number of imide groups is 1. The number of hydrogen-bond donors (Lipinski definition) is 1. The number of carbonyl (C=O) groups is 3. The van der Waals surface area contributed by atoms with Crippen LogP contribution in [0.5, 0.6) is 0 Å². The van der Waals surface area contributed by atoms with Crippen molar-refractivity contribution in [2.45, 2.75) is 64.3 Å².